The van der Waals surface area contributed by atoms with E-state index in [0.29, 0.717) is 12.3 Å². The highest BCUT2D eigenvalue weighted by atomic mass is 32.2. The number of amides is 2. The molecular weight excluding hydrogens is 442 g/mol. The summed E-state index contributed by atoms with van der Waals surface area (Å²) in [5.41, 5.74) is 1.70. The van der Waals surface area contributed by atoms with E-state index in [1.54, 1.807) is 44.4 Å². The van der Waals surface area contributed by atoms with Crippen LogP contribution < -0.4 is 10.1 Å². The van der Waals surface area contributed by atoms with Crippen LogP contribution in [0.3, 0.4) is 0 Å². The minimum atomic E-state index is -3.86. The van der Waals surface area contributed by atoms with E-state index >= 15 is 0 Å². The molecule has 0 saturated heterocycles. The second-order valence-corrected chi connectivity index (χ2v) is 9.96. The van der Waals surface area contributed by atoms with Crippen molar-refractivity contribution in [1.29, 1.82) is 0 Å². The number of carbonyl (C=O) groups excluding carboxylic acids is 2. The summed E-state index contributed by atoms with van der Waals surface area (Å²) < 4.78 is 32.2. The number of carbonyl (C=O) groups is 2. The van der Waals surface area contributed by atoms with Crippen LogP contribution in [-0.4, -0.2) is 62.7 Å². The van der Waals surface area contributed by atoms with Gasteiger partial charge in [-0.1, -0.05) is 36.8 Å². The topological polar surface area (TPSA) is 96.0 Å². The Bertz CT molecular complexity index is 1050. The molecule has 0 unspecified atom stereocenters. The minimum Gasteiger partial charge on any atom is -0.497 e. The fourth-order valence-corrected chi connectivity index (χ4v) is 4.32. The summed E-state index contributed by atoms with van der Waals surface area (Å²) in [7, 11) is -0.954. The van der Waals surface area contributed by atoms with Gasteiger partial charge >= 0.3 is 0 Å². The van der Waals surface area contributed by atoms with Crippen LogP contribution in [0.5, 0.6) is 5.75 Å². The molecule has 1 atom stereocenters. The standard InChI is InChI=1S/C24H33N3O5S/c1-6-14-25-24(29)19(3)27(16-20-8-7-9-21(15-20)32-5)23(28)17-26(4)33(30,31)22-12-10-18(2)11-13-22/h7-13,15,19H,6,14,16-17H2,1-5H3,(H,25,29)/t19-/m0/s1. The first-order valence-electron chi connectivity index (χ1n) is 10.8. The zero-order valence-corrected chi connectivity index (χ0v) is 20.7. The quantitative estimate of drug-likeness (QED) is 0.539. The average Bonchev–Trinajstić information content (AvgIpc) is 2.80. The van der Waals surface area contributed by atoms with Gasteiger partial charge in [0.1, 0.15) is 11.8 Å². The highest BCUT2D eigenvalue weighted by Gasteiger charge is 2.30. The summed E-state index contributed by atoms with van der Waals surface area (Å²) in [4.78, 5) is 27.4. The number of likely N-dealkylation sites (N-methyl/N-ethyl adjacent to an activating group) is 1. The Kier molecular flexibility index (Phi) is 9.43. The molecule has 0 heterocycles. The smallest absolute Gasteiger partial charge is 0.243 e. The number of ether oxygens (including phenoxy) is 1. The number of benzene rings is 2. The van der Waals surface area contributed by atoms with Gasteiger partial charge < -0.3 is 15.0 Å². The van der Waals surface area contributed by atoms with Crippen LogP contribution in [0.2, 0.25) is 0 Å². The lowest BCUT2D eigenvalue weighted by Gasteiger charge is -2.30. The summed E-state index contributed by atoms with van der Waals surface area (Å²) >= 11 is 0. The lowest BCUT2D eigenvalue weighted by atomic mass is 10.1. The van der Waals surface area contributed by atoms with Crippen LogP contribution in [-0.2, 0) is 26.2 Å². The number of aryl methyl sites for hydroxylation is 1. The van der Waals surface area contributed by atoms with Crippen LogP contribution in [0.25, 0.3) is 0 Å². The van der Waals surface area contributed by atoms with Crippen LogP contribution in [0, 0.1) is 6.92 Å². The molecule has 9 heteroatoms. The van der Waals surface area contributed by atoms with Crippen molar-refractivity contribution in [2.45, 2.75) is 44.7 Å². The van der Waals surface area contributed by atoms with Gasteiger partial charge in [0, 0.05) is 20.1 Å². The molecule has 8 nitrogen and oxygen atoms in total. The first kappa shape index (κ1) is 26.3. The minimum absolute atomic E-state index is 0.108. The Morgan fingerprint density at radius 1 is 1.12 bits per heavy atom. The van der Waals surface area contributed by atoms with Gasteiger partial charge in [-0.15, -0.1) is 0 Å². The molecule has 2 rings (SSSR count). The first-order valence-corrected chi connectivity index (χ1v) is 12.3. The highest BCUT2D eigenvalue weighted by Crippen LogP contribution is 2.18. The third kappa shape index (κ3) is 7.03. The summed E-state index contributed by atoms with van der Waals surface area (Å²) in [5.74, 6) is -0.144. The Morgan fingerprint density at radius 2 is 1.79 bits per heavy atom. The van der Waals surface area contributed by atoms with Gasteiger partial charge in [-0.2, -0.15) is 4.31 Å². The van der Waals surface area contributed by atoms with E-state index in [2.05, 4.69) is 5.32 Å². The molecule has 0 bridgehead atoms. The van der Waals surface area contributed by atoms with Crippen LogP contribution >= 0.6 is 0 Å². The SMILES string of the molecule is CCCNC(=O)[C@H](C)N(Cc1cccc(OC)c1)C(=O)CN(C)S(=O)(=O)c1ccc(C)cc1. The molecule has 0 aliphatic carbocycles. The molecule has 0 radical (unpaired) electrons. The second kappa shape index (κ2) is 11.8. The number of methoxy groups -OCH3 is 1. The van der Waals surface area contributed by atoms with E-state index in [1.807, 2.05) is 19.9 Å². The molecule has 2 aromatic rings. The molecule has 2 amide bonds. The van der Waals surface area contributed by atoms with Gasteiger partial charge in [-0.05, 0) is 50.1 Å². The number of nitrogens with one attached hydrogen (secondary N) is 1. The maximum Gasteiger partial charge on any atom is 0.243 e. The number of rotatable bonds is 11. The molecule has 0 fully saturated rings. The number of hydrogen-bond acceptors (Lipinski definition) is 5. The molecule has 0 saturated carbocycles. The molecule has 0 spiro atoms. The van der Waals surface area contributed by atoms with Crippen molar-refractivity contribution < 1.29 is 22.7 Å². The van der Waals surface area contributed by atoms with Crippen LogP contribution in [0.1, 0.15) is 31.4 Å². The Hall–Kier alpha value is -2.91. The summed E-state index contributed by atoms with van der Waals surface area (Å²) in [6.45, 7) is 5.67. The van der Waals surface area contributed by atoms with Gasteiger partial charge in [0.05, 0.1) is 18.6 Å². The number of hydrogen-bond donors (Lipinski definition) is 1. The van der Waals surface area contributed by atoms with Gasteiger partial charge in [0.15, 0.2) is 0 Å². The van der Waals surface area contributed by atoms with E-state index in [-0.39, 0.29) is 17.3 Å². The fraction of sp³-hybridized carbons (Fsp3) is 0.417. The lowest BCUT2D eigenvalue weighted by molar-refractivity contribution is -0.140. The zero-order valence-electron chi connectivity index (χ0n) is 19.9. The monoisotopic (exact) mass is 475 g/mol. The molecule has 33 heavy (non-hydrogen) atoms. The van der Waals surface area contributed by atoms with E-state index < -0.39 is 28.5 Å². The summed E-state index contributed by atoms with van der Waals surface area (Å²) in [6.07, 6.45) is 0.764. The van der Waals surface area contributed by atoms with Crippen molar-refractivity contribution in [3.63, 3.8) is 0 Å². The van der Waals surface area contributed by atoms with Crippen molar-refractivity contribution in [3.8, 4) is 5.75 Å². The third-order valence-corrected chi connectivity index (χ3v) is 7.11. The predicted octanol–water partition coefficient (Wildman–Crippen LogP) is 2.57. The van der Waals surface area contributed by atoms with E-state index in [9.17, 15) is 18.0 Å². The highest BCUT2D eigenvalue weighted by molar-refractivity contribution is 7.89. The predicted molar refractivity (Wildman–Crippen MR) is 127 cm³/mol. The van der Waals surface area contributed by atoms with E-state index in [4.69, 9.17) is 4.74 Å². The molecule has 180 valence electrons. The maximum absolute atomic E-state index is 13.3. The number of nitrogens with zero attached hydrogens (tertiary/aromatic N) is 2. The molecule has 1 N–H and O–H groups in total. The van der Waals surface area contributed by atoms with Crippen molar-refractivity contribution in [1.82, 2.24) is 14.5 Å². The molecule has 0 aliphatic rings. The largest absolute Gasteiger partial charge is 0.497 e. The fourth-order valence-electron chi connectivity index (χ4n) is 3.20. The molecule has 0 aromatic heterocycles. The number of sulfonamides is 1. The van der Waals surface area contributed by atoms with Crippen LogP contribution in [0.4, 0.5) is 0 Å². The third-order valence-electron chi connectivity index (χ3n) is 5.29. The lowest BCUT2D eigenvalue weighted by Crippen LogP contribution is -2.50. The Balaban J connectivity index is 2.27. The van der Waals surface area contributed by atoms with Gasteiger partial charge in [0.25, 0.3) is 0 Å². The van der Waals surface area contributed by atoms with Gasteiger partial charge in [-0.3, -0.25) is 9.59 Å². The van der Waals surface area contributed by atoms with Gasteiger partial charge in [0.2, 0.25) is 21.8 Å². The summed E-state index contributed by atoms with van der Waals surface area (Å²) in [5, 5.41) is 2.80. The maximum atomic E-state index is 13.3. The van der Waals surface area contributed by atoms with Crippen molar-refractivity contribution in [3.05, 3.63) is 59.7 Å². The normalized spacial score (nSPS) is 12.3. The Labute approximate surface area is 196 Å². The zero-order chi connectivity index (χ0) is 24.6. The average molecular weight is 476 g/mol. The van der Waals surface area contributed by atoms with Crippen molar-refractivity contribution in [2.75, 3.05) is 27.2 Å². The molecule has 2 aromatic carbocycles. The van der Waals surface area contributed by atoms with Crippen molar-refractivity contribution >= 4 is 21.8 Å². The Morgan fingerprint density at radius 3 is 2.39 bits per heavy atom. The van der Waals surface area contributed by atoms with E-state index in [0.717, 1.165) is 21.9 Å². The summed E-state index contributed by atoms with van der Waals surface area (Å²) in [6, 6.07) is 12.8. The van der Waals surface area contributed by atoms with Crippen molar-refractivity contribution in [2.24, 2.45) is 0 Å². The van der Waals surface area contributed by atoms with Gasteiger partial charge in [-0.25, -0.2) is 8.42 Å². The molecular formula is C24H33N3O5S. The van der Waals surface area contributed by atoms with Crippen LogP contribution in [0.15, 0.2) is 53.4 Å². The second-order valence-electron chi connectivity index (χ2n) is 7.91. The van der Waals surface area contributed by atoms with E-state index in [1.165, 1.54) is 24.1 Å². The first-order chi connectivity index (χ1) is 15.6. The molecule has 0 aliphatic heterocycles.